The Kier molecular flexibility index (Phi) is 3.94. The SMILES string of the molecule is COC(=O)c1cnc(N2CCCCC2C(N)=O)cn1. The van der Waals surface area contributed by atoms with E-state index in [1.165, 1.54) is 19.5 Å². The molecule has 1 fully saturated rings. The van der Waals surface area contributed by atoms with Crippen LogP contribution in [-0.2, 0) is 9.53 Å². The minimum Gasteiger partial charge on any atom is -0.464 e. The van der Waals surface area contributed by atoms with Crippen LogP contribution in [0.5, 0.6) is 0 Å². The summed E-state index contributed by atoms with van der Waals surface area (Å²) in [5, 5.41) is 0. The van der Waals surface area contributed by atoms with E-state index in [9.17, 15) is 9.59 Å². The van der Waals surface area contributed by atoms with E-state index in [1.54, 1.807) is 0 Å². The van der Waals surface area contributed by atoms with Crippen molar-refractivity contribution >= 4 is 17.7 Å². The molecule has 19 heavy (non-hydrogen) atoms. The minimum atomic E-state index is -0.538. The average molecular weight is 264 g/mol. The van der Waals surface area contributed by atoms with E-state index in [4.69, 9.17) is 5.73 Å². The average Bonchev–Trinajstić information content (AvgIpc) is 2.46. The van der Waals surface area contributed by atoms with Crippen LogP contribution >= 0.6 is 0 Å². The molecule has 2 N–H and O–H groups in total. The standard InChI is InChI=1S/C12H16N4O3/c1-19-12(18)8-6-15-10(7-14-8)16-5-3-2-4-9(16)11(13)17/h6-7,9H,2-5H2,1H3,(H2,13,17). The molecule has 0 bridgehead atoms. The molecule has 0 aliphatic carbocycles. The first kappa shape index (κ1) is 13.3. The maximum Gasteiger partial charge on any atom is 0.358 e. The van der Waals surface area contributed by atoms with E-state index in [1.807, 2.05) is 4.90 Å². The zero-order chi connectivity index (χ0) is 13.8. The van der Waals surface area contributed by atoms with Crippen LogP contribution in [0.1, 0.15) is 29.8 Å². The molecule has 7 heteroatoms. The Labute approximate surface area is 110 Å². The number of ether oxygens (including phenoxy) is 1. The number of rotatable bonds is 3. The first-order chi connectivity index (χ1) is 9.13. The number of anilines is 1. The van der Waals surface area contributed by atoms with E-state index in [2.05, 4.69) is 14.7 Å². The molecule has 1 aromatic heterocycles. The van der Waals surface area contributed by atoms with Gasteiger partial charge < -0.3 is 15.4 Å². The number of hydrogen-bond donors (Lipinski definition) is 1. The van der Waals surface area contributed by atoms with Gasteiger partial charge in [-0.05, 0) is 19.3 Å². The Hall–Kier alpha value is -2.18. The molecule has 0 radical (unpaired) electrons. The molecule has 1 aliphatic rings. The maximum absolute atomic E-state index is 11.4. The molecular formula is C12H16N4O3. The first-order valence-corrected chi connectivity index (χ1v) is 6.10. The smallest absolute Gasteiger partial charge is 0.358 e. The predicted octanol–water partition coefficient (Wildman–Crippen LogP) is 0.107. The van der Waals surface area contributed by atoms with E-state index in [0.717, 1.165) is 19.3 Å². The van der Waals surface area contributed by atoms with Crippen molar-refractivity contribution in [2.75, 3.05) is 18.6 Å². The number of carbonyl (C=O) groups excluding carboxylic acids is 2. The van der Waals surface area contributed by atoms with Crippen LogP contribution in [0.4, 0.5) is 5.82 Å². The molecule has 0 spiro atoms. The van der Waals surface area contributed by atoms with Gasteiger partial charge in [-0.25, -0.2) is 14.8 Å². The van der Waals surface area contributed by atoms with Crippen LogP contribution in [0.2, 0.25) is 0 Å². The fourth-order valence-electron chi connectivity index (χ4n) is 2.18. The minimum absolute atomic E-state index is 0.138. The van der Waals surface area contributed by atoms with Gasteiger partial charge in [0.05, 0.1) is 19.5 Å². The van der Waals surface area contributed by atoms with Gasteiger partial charge in [0, 0.05) is 6.54 Å². The number of nitrogens with zero attached hydrogens (tertiary/aromatic N) is 3. The number of methoxy groups -OCH3 is 1. The highest BCUT2D eigenvalue weighted by Gasteiger charge is 2.28. The summed E-state index contributed by atoms with van der Waals surface area (Å²) in [7, 11) is 1.28. The number of nitrogens with two attached hydrogens (primary N) is 1. The summed E-state index contributed by atoms with van der Waals surface area (Å²) in [6.45, 7) is 0.708. The second-order valence-electron chi connectivity index (χ2n) is 4.36. The normalized spacial score (nSPS) is 19.0. The molecule has 2 heterocycles. The highest BCUT2D eigenvalue weighted by atomic mass is 16.5. The molecule has 0 saturated carbocycles. The van der Waals surface area contributed by atoms with Crippen molar-refractivity contribution in [2.45, 2.75) is 25.3 Å². The summed E-state index contributed by atoms with van der Waals surface area (Å²) in [6.07, 6.45) is 5.47. The van der Waals surface area contributed by atoms with Crippen LogP contribution in [0, 0.1) is 0 Å². The van der Waals surface area contributed by atoms with Gasteiger partial charge in [0.15, 0.2) is 5.69 Å². The Morgan fingerprint density at radius 1 is 1.37 bits per heavy atom. The highest BCUT2D eigenvalue weighted by molar-refractivity contribution is 5.87. The molecule has 1 unspecified atom stereocenters. The van der Waals surface area contributed by atoms with E-state index >= 15 is 0 Å². The zero-order valence-corrected chi connectivity index (χ0v) is 10.7. The molecule has 0 aromatic carbocycles. The third kappa shape index (κ3) is 2.81. The molecule has 1 amide bonds. The van der Waals surface area contributed by atoms with Crippen molar-refractivity contribution < 1.29 is 14.3 Å². The Morgan fingerprint density at radius 3 is 2.74 bits per heavy atom. The largest absolute Gasteiger partial charge is 0.464 e. The summed E-state index contributed by atoms with van der Waals surface area (Å²) in [5.41, 5.74) is 5.53. The van der Waals surface area contributed by atoms with Crippen molar-refractivity contribution in [3.05, 3.63) is 18.1 Å². The number of amides is 1. The van der Waals surface area contributed by atoms with Gasteiger partial charge in [-0.1, -0.05) is 0 Å². The third-order valence-corrected chi connectivity index (χ3v) is 3.16. The number of esters is 1. The predicted molar refractivity (Wildman–Crippen MR) is 67.6 cm³/mol. The number of hydrogen-bond acceptors (Lipinski definition) is 6. The van der Waals surface area contributed by atoms with Gasteiger partial charge in [0.25, 0.3) is 0 Å². The number of primary amides is 1. The topological polar surface area (TPSA) is 98.4 Å². The van der Waals surface area contributed by atoms with Gasteiger partial charge >= 0.3 is 5.97 Å². The Morgan fingerprint density at radius 2 is 2.16 bits per heavy atom. The fraction of sp³-hybridized carbons (Fsp3) is 0.500. The fourth-order valence-corrected chi connectivity index (χ4v) is 2.18. The summed E-state index contributed by atoms with van der Waals surface area (Å²) < 4.78 is 4.55. The molecule has 1 saturated heterocycles. The number of carbonyl (C=O) groups is 2. The lowest BCUT2D eigenvalue weighted by Gasteiger charge is -2.34. The monoisotopic (exact) mass is 264 g/mol. The molecule has 1 aliphatic heterocycles. The quantitative estimate of drug-likeness (QED) is 0.778. The van der Waals surface area contributed by atoms with Crippen molar-refractivity contribution in [2.24, 2.45) is 5.73 Å². The lowest BCUT2D eigenvalue weighted by molar-refractivity contribution is -0.119. The van der Waals surface area contributed by atoms with Crippen molar-refractivity contribution in [1.29, 1.82) is 0 Å². The lowest BCUT2D eigenvalue weighted by Crippen LogP contribution is -2.48. The summed E-state index contributed by atoms with van der Waals surface area (Å²) in [6, 6.07) is -0.355. The zero-order valence-electron chi connectivity index (χ0n) is 10.7. The maximum atomic E-state index is 11.4. The van der Waals surface area contributed by atoms with Gasteiger partial charge in [-0.15, -0.1) is 0 Å². The van der Waals surface area contributed by atoms with Crippen molar-refractivity contribution in [1.82, 2.24) is 9.97 Å². The molecule has 7 nitrogen and oxygen atoms in total. The number of piperidine rings is 1. The molecular weight excluding hydrogens is 248 g/mol. The first-order valence-electron chi connectivity index (χ1n) is 6.10. The van der Waals surface area contributed by atoms with E-state index in [-0.39, 0.29) is 17.6 Å². The third-order valence-electron chi connectivity index (χ3n) is 3.16. The van der Waals surface area contributed by atoms with Gasteiger partial charge in [-0.2, -0.15) is 0 Å². The molecule has 102 valence electrons. The van der Waals surface area contributed by atoms with Gasteiger partial charge in [0.1, 0.15) is 11.9 Å². The van der Waals surface area contributed by atoms with Crippen LogP contribution in [0.3, 0.4) is 0 Å². The molecule has 1 atom stereocenters. The second-order valence-corrected chi connectivity index (χ2v) is 4.36. The lowest BCUT2D eigenvalue weighted by atomic mass is 10.0. The molecule has 2 rings (SSSR count). The van der Waals surface area contributed by atoms with E-state index in [0.29, 0.717) is 12.4 Å². The van der Waals surface area contributed by atoms with Crippen molar-refractivity contribution in [3.8, 4) is 0 Å². The summed E-state index contributed by atoms with van der Waals surface area (Å²) >= 11 is 0. The molecule has 1 aromatic rings. The Balaban J connectivity index is 2.20. The van der Waals surface area contributed by atoms with Crippen molar-refractivity contribution in [3.63, 3.8) is 0 Å². The van der Waals surface area contributed by atoms with E-state index < -0.39 is 5.97 Å². The highest BCUT2D eigenvalue weighted by Crippen LogP contribution is 2.22. The van der Waals surface area contributed by atoms with Gasteiger partial charge in [0.2, 0.25) is 5.91 Å². The van der Waals surface area contributed by atoms with Crippen LogP contribution in [0.25, 0.3) is 0 Å². The number of aromatic nitrogens is 2. The van der Waals surface area contributed by atoms with Gasteiger partial charge in [-0.3, -0.25) is 4.79 Å². The summed E-state index contributed by atoms with van der Waals surface area (Å²) in [5.74, 6) is -0.348. The van der Waals surface area contributed by atoms with Crippen LogP contribution in [-0.4, -0.2) is 41.5 Å². The Bertz CT molecular complexity index is 474. The van der Waals surface area contributed by atoms with Crippen LogP contribution in [0.15, 0.2) is 12.4 Å². The van der Waals surface area contributed by atoms with Crippen LogP contribution < -0.4 is 10.6 Å². The summed E-state index contributed by atoms with van der Waals surface area (Å²) in [4.78, 5) is 32.7. The second kappa shape index (κ2) is 5.64.